The van der Waals surface area contributed by atoms with E-state index in [-0.39, 0.29) is 0 Å². The van der Waals surface area contributed by atoms with E-state index in [0.717, 1.165) is 21.3 Å². The van der Waals surface area contributed by atoms with Gasteiger partial charge in [-0.3, -0.25) is 0 Å². The van der Waals surface area contributed by atoms with Gasteiger partial charge in [-0.15, -0.1) is 0 Å². The molecule has 0 bridgehead atoms. The fraction of sp³-hybridized carbons (Fsp3) is 0.182. The fourth-order valence-corrected chi connectivity index (χ4v) is 3.53. The zero-order valence-corrected chi connectivity index (χ0v) is 19.5. The van der Waals surface area contributed by atoms with Crippen molar-refractivity contribution in [2.24, 2.45) is 0 Å². The minimum absolute atomic E-state index is 0.421. The molecular formula is C22H19BrCl3NO2. The highest BCUT2D eigenvalue weighted by atomic mass is 79.9. The second kappa shape index (κ2) is 10.4. The van der Waals surface area contributed by atoms with Crippen LogP contribution in [0.3, 0.4) is 0 Å². The predicted molar refractivity (Wildman–Crippen MR) is 125 cm³/mol. The van der Waals surface area contributed by atoms with Crippen LogP contribution in [0.2, 0.25) is 15.1 Å². The van der Waals surface area contributed by atoms with Gasteiger partial charge >= 0.3 is 0 Å². The maximum atomic E-state index is 6.08. The average molecular weight is 516 g/mol. The van der Waals surface area contributed by atoms with Crippen LogP contribution in [-0.4, -0.2) is 6.61 Å². The van der Waals surface area contributed by atoms with E-state index in [0.29, 0.717) is 46.3 Å². The first kappa shape index (κ1) is 22.1. The maximum absolute atomic E-state index is 6.08. The van der Waals surface area contributed by atoms with Crippen LogP contribution in [0, 0.1) is 0 Å². The number of hydrogen-bond acceptors (Lipinski definition) is 3. The second-order valence-corrected chi connectivity index (χ2v) is 8.33. The first-order valence-electron chi connectivity index (χ1n) is 8.97. The summed E-state index contributed by atoms with van der Waals surface area (Å²) in [7, 11) is 0. The van der Waals surface area contributed by atoms with E-state index >= 15 is 0 Å². The van der Waals surface area contributed by atoms with Gasteiger partial charge in [0.05, 0.1) is 16.7 Å². The molecule has 0 atom stereocenters. The molecule has 152 valence electrons. The molecule has 3 nitrogen and oxygen atoms in total. The van der Waals surface area contributed by atoms with E-state index in [1.807, 2.05) is 49.4 Å². The Labute approximate surface area is 194 Å². The lowest BCUT2D eigenvalue weighted by Gasteiger charge is -2.16. The van der Waals surface area contributed by atoms with Gasteiger partial charge in [0.2, 0.25) is 0 Å². The molecule has 0 saturated carbocycles. The smallest absolute Gasteiger partial charge is 0.162 e. The van der Waals surface area contributed by atoms with Crippen LogP contribution in [0.15, 0.2) is 59.1 Å². The molecule has 0 aliphatic carbocycles. The Hall–Kier alpha value is -1.59. The predicted octanol–water partition coefficient (Wildman–Crippen LogP) is 8.00. The van der Waals surface area contributed by atoms with Crippen molar-refractivity contribution in [2.75, 3.05) is 11.9 Å². The van der Waals surface area contributed by atoms with Crippen molar-refractivity contribution in [3.63, 3.8) is 0 Å². The lowest BCUT2D eigenvalue weighted by molar-refractivity contribution is 0.269. The minimum Gasteiger partial charge on any atom is -0.490 e. The summed E-state index contributed by atoms with van der Waals surface area (Å²) in [5.74, 6) is 1.36. The largest absolute Gasteiger partial charge is 0.490 e. The highest BCUT2D eigenvalue weighted by molar-refractivity contribution is 9.10. The van der Waals surface area contributed by atoms with Crippen molar-refractivity contribution in [1.82, 2.24) is 0 Å². The molecule has 0 unspecified atom stereocenters. The zero-order chi connectivity index (χ0) is 20.8. The lowest BCUT2D eigenvalue weighted by atomic mass is 10.2. The molecule has 3 aromatic rings. The SMILES string of the molecule is CCOc1cc(CNc2ccc(Cl)c(Cl)c2)c(Br)cc1OCc1ccc(Cl)cc1. The normalized spacial score (nSPS) is 10.7. The van der Waals surface area contributed by atoms with E-state index in [2.05, 4.69) is 21.2 Å². The molecule has 3 aromatic carbocycles. The molecular weight excluding hydrogens is 497 g/mol. The first-order valence-corrected chi connectivity index (χ1v) is 10.9. The first-order chi connectivity index (χ1) is 14.0. The van der Waals surface area contributed by atoms with Gasteiger partial charge in [-0.2, -0.15) is 0 Å². The second-order valence-electron chi connectivity index (χ2n) is 6.22. The Bertz CT molecular complexity index is 981. The Balaban J connectivity index is 1.74. The number of ether oxygens (including phenoxy) is 2. The van der Waals surface area contributed by atoms with Gasteiger partial charge < -0.3 is 14.8 Å². The lowest BCUT2D eigenvalue weighted by Crippen LogP contribution is -2.04. The van der Waals surface area contributed by atoms with Crippen molar-refractivity contribution < 1.29 is 9.47 Å². The Morgan fingerprint density at radius 2 is 1.59 bits per heavy atom. The van der Waals surface area contributed by atoms with E-state index in [1.54, 1.807) is 12.1 Å². The summed E-state index contributed by atoms with van der Waals surface area (Å²) >= 11 is 21.6. The Morgan fingerprint density at radius 1 is 0.862 bits per heavy atom. The number of nitrogens with one attached hydrogen (secondary N) is 1. The summed E-state index contributed by atoms with van der Waals surface area (Å²) in [6.45, 7) is 3.48. The fourth-order valence-electron chi connectivity index (χ4n) is 2.64. The minimum atomic E-state index is 0.421. The van der Waals surface area contributed by atoms with Gasteiger partial charge in [-0.05, 0) is 60.5 Å². The molecule has 0 aliphatic heterocycles. The van der Waals surface area contributed by atoms with Crippen molar-refractivity contribution in [3.05, 3.63) is 85.3 Å². The summed E-state index contributed by atoms with van der Waals surface area (Å²) in [5, 5.41) is 5.08. The van der Waals surface area contributed by atoms with Crippen molar-refractivity contribution in [2.45, 2.75) is 20.1 Å². The topological polar surface area (TPSA) is 30.5 Å². The van der Waals surface area contributed by atoms with Crippen LogP contribution in [0.25, 0.3) is 0 Å². The summed E-state index contributed by atoms with van der Waals surface area (Å²) < 4.78 is 12.7. The highest BCUT2D eigenvalue weighted by Crippen LogP contribution is 2.35. The Kier molecular flexibility index (Phi) is 7.96. The molecule has 1 N–H and O–H groups in total. The third-order valence-corrected chi connectivity index (χ3v) is 5.85. The van der Waals surface area contributed by atoms with Gasteiger partial charge in [0.25, 0.3) is 0 Å². The van der Waals surface area contributed by atoms with Crippen LogP contribution < -0.4 is 14.8 Å². The quantitative estimate of drug-likeness (QED) is 0.330. The van der Waals surface area contributed by atoms with E-state index in [4.69, 9.17) is 44.3 Å². The van der Waals surface area contributed by atoms with Crippen LogP contribution in [-0.2, 0) is 13.2 Å². The molecule has 0 heterocycles. The molecule has 0 radical (unpaired) electrons. The monoisotopic (exact) mass is 513 g/mol. The summed E-state index contributed by atoms with van der Waals surface area (Å²) in [4.78, 5) is 0. The summed E-state index contributed by atoms with van der Waals surface area (Å²) in [5.41, 5.74) is 2.93. The maximum Gasteiger partial charge on any atom is 0.162 e. The molecule has 0 aromatic heterocycles. The van der Waals surface area contributed by atoms with Crippen LogP contribution in [0.4, 0.5) is 5.69 Å². The summed E-state index contributed by atoms with van der Waals surface area (Å²) in [6.07, 6.45) is 0. The molecule has 7 heteroatoms. The zero-order valence-electron chi connectivity index (χ0n) is 15.6. The van der Waals surface area contributed by atoms with Crippen LogP contribution in [0.5, 0.6) is 11.5 Å². The standard InChI is InChI=1S/C22H19BrCl3NO2/c1-2-28-21-9-15(12-27-17-7-8-19(25)20(26)10-17)18(23)11-22(21)29-13-14-3-5-16(24)6-4-14/h3-11,27H,2,12-13H2,1H3. The number of rotatable bonds is 8. The van der Waals surface area contributed by atoms with E-state index in [1.165, 1.54) is 0 Å². The van der Waals surface area contributed by atoms with Crippen molar-refractivity contribution in [3.8, 4) is 11.5 Å². The third kappa shape index (κ3) is 6.19. The van der Waals surface area contributed by atoms with E-state index in [9.17, 15) is 0 Å². The Morgan fingerprint density at radius 3 is 2.28 bits per heavy atom. The molecule has 0 fully saturated rings. The van der Waals surface area contributed by atoms with Gasteiger partial charge in [0, 0.05) is 21.7 Å². The molecule has 0 saturated heterocycles. The van der Waals surface area contributed by atoms with Crippen LogP contribution in [0.1, 0.15) is 18.1 Å². The van der Waals surface area contributed by atoms with Gasteiger partial charge in [-0.1, -0.05) is 62.9 Å². The third-order valence-electron chi connectivity index (χ3n) is 4.12. The number of benzene rings is 3. The van der Waals surface area contributed by atoms with Crippen molar-refractivity contribution >= 4 is 56.4 Å². The summed E-state index contributed by atoms with van der Waals surface area (Å²) in [6, 6.07) is 16.9. The molecule has 0 amide bonds. The molecule has 0 aliphatic rings. The number of halogens is 4. The van der Waals surface area contributed by atoms with E-state index < -0.39 is 0 Å². The van der Waals surface area contributed by atoms with Crippen molar-refractivity contribution in [1.29, 1.82) is 0 Å². The van der Waals surface area contributed by atoms with Gasteiger partial charge in [0.1, 0.15) is 6.61 Å². The molecule has 3 rings (SSSR count). The highest BCUT2D eigenvalue weighted by Gasteiger charge is 2.12. The number of hydrogen-bond donors (Lipinski definition) is 1. The van der Waals surface area contributed by atoms with Crippen LogP contribution >= 0.6 is 50.7 Å². The van der Waals surface area contributed by atoms with Gasteiger partial charge in [-0.25, -0.2) is 0 Å². The average Bonchev–Trinajstić information content (AvgIpc) is 2.70. The number of anilines is 1. The molecule has 0 spiro atoms. The van der Waals surface area contributed by atoms with Gasteiger partial charge in [0.15, 0.2) is 11.5 Å². The molecule has 29 heavy (non-hydrogen) atoms.